The standard InChI is InChI=1S/C6H22Si4/c1-5-9(8-7)10(3,4)6-2/h9H,5-6,8H2,1-4,7H3. The fourth-order valence-electron chi connectivity index (χ4n) is 1.68. The third kappa shape index (κ3) is 2.85. The average Bonchev–Trinajstić information content (AvgIpc) is 1.90. The molecule has 0 bridgehead atoms. The van der Waals surface area contributed by atoms with Gasteiger partial charge in [0.1, 0.15) is 0 Å². The van der Waals surface area contributed by atoms with Crippen LogP contribution in [0, 0.1) is 0 Å². The van der Waals surface area contributed by atoms with Gasteiger partial charge in [0.2, 0.25) is 0 Å². The van der Waals surface area contributed by atoms with Crippen molar-refractivity contribution in [3.8, 4) is 0 Å². The molecule has 1 unspecified atom stereocenters. The Morgan fingerprint density at radius 2 is 1.90 bits per heavy atom. The van der Waals surface area contributed by atoms with Crippen LogP contribution in [0.1, 0.15) is 13.8 Å². The second-order valence-corrected chi connectivity index (χ2v) is 33.9. The zero-order valence-electron chi connectivity index (χ0n) is 8.20. The Hall–Kier alpha value is 0.868. The first-order valence-corrected chi connectivity index (χ1v) is 19.3. The zero-order valence-corrected chi connectivity index (χ0v) is 13.8. The highest BCUT2D eigenvalue weighted by molar-refractivity contribution is 7.58. The molecule has 0 spiro atoms. The molecule has 0 saturated carbocycles. The lowest BCUT2D eigenvalue weighted by molar-refractivity contribution is 1.38. The summed E-state index contributed by atoms with van der Waals surface area (Å²) < 4.78 is 0. The van der Waals surface area contributed by atoms with Crippen molar-refractivity contribution < 1.29 is 0 Å². The average molecular weight is 207 g/mol. The van der Waals surface area contributed by atoms with Gasteiger partial charge >= 0.3 is 0 Å². The third-order valence-electron chi connectivity index (χ3n) is 3.00. The van der Waals surface area contributed by atoms with Gasteiger partial charge in [-0.2, -0.15) is 0 Å². The van der Waals surface area contributed by atoms with Gasteiger partial charge in [-0.05, 0) is 18.3 Å². The van der Waals surface area contributed by atoms with Gasteiger partial charge in [-0.15, -0.1) is 0 Å². The zero-order chi connectivity index (χ0) is 8.20. The van der Waals surface area contributed by atoms with Gasteiger partial charge in [0.15, 0.2) is 0 Å². The molecule has 0 fully saturated rings. The Labute approximate surface area is 73.0 Å². The molecular formula is C6H22Si4. The van der Waals surface area contributed by atoms with Crippen molar-refractivity contribution in [1.82, 2.24) is 0 Å². The van der Waals surface area contributed by atoms with Gasteiger partial charge in [0.25, 0.3) is 0 Å². The number of rotatable bonds is 4. The highest BCUT2D eigenvalue weighted by Crippen LogP contribution is 2.13. The lowest BCUT2D eigenvalue weighted by Gasteiger charge is -2.28. The summed E-state index contributed by atoms with van der Waals surface area (Å²) in [5, 5.41) is 0. The molecule has 4 heteroatoms. The summed E-state index contributed by atoms with van der Waals surface area (Å²) in [6.45, 7) is 10.1. The Balaban J connectivity index is 3.97. The van der Waals surface area contributed by atoms with Crippen molar-refractivity contribution in [2.24, 2.45) is 0 Å². The lowest BCUT2D eigenvalue weighted by atomic mass is 11.0. The largest absolute Gasteiger partial charge is 0.0717 e. The maximum absolute atomic E-state index is 2.64. The molecule has 0 N–H and O–H groups in total. The van der Waals surface area contributed by atoms with Gasteiger partial charge in [-0.1, -0.05) is 39.0 Å². The van der Waals surface area contributed by atoms with E-state index in [2.05, 4.69) is 26.9 Å². The second kappa shape index (κ2) is 4.69. The molecule has 0 aliphatic rings. The van der Waals surface area contributed by atoms with Crippen LogP contribution >= 0.6 is 0 Å². The molecule has 0 heterocycles. The maximum Gasteiger partial charge on any atom is 0.0342 e. The van der Waals surface area contributed by atoms with Crippen molar-refractivity contribution in [3.05, 3.63) is 0 Å². The minimum atomic E-state index is -0.571. The summed E-state index contributed by atoms with van der Waals surface area (Å²) in [5.74, 6) is 0. The summed E-state index contributed by atoms with van der Waals surface area (Å²) in [5.41, 5.74) is 0. The Kier molecular flexibility index (Phi) is 5.09. The fourth-order valence-corrected chi connectivity index (χ4v) is 62.7. The molecule has 10 heavy (non-hydrogen) atoms. The minimum absolute atomic E-state index is 0.0617. The van der Waals surface area contributed by atoms with Crippen molar-refractivity contribution >= 4 is 33.7 Å². The molecule has 0 aromatic carbocycles. The van der Waals surface area contributed by atoms with Crippen LogP contribution < -0.4 is 0 Å². The third-order valence-corrected chi connectivity index (χ3v) is 52.6. The molecular weight excluding hydrogens is 184 g/mol. The van der Waals surface area contributed by atoms with Gasteiger partial charge in [0, 0.05) is 15.4 Å². The topological polar surface area (TPSA) is 0 Å². The predicted molar refractivity (Wildman–Crippen MR) is 64.1 cm³/mol. The maximum atomic E-state index is 2.64. The van der Waals surface area contributed by atoms with Crippen LogP contribution in [0.25, 0.3) is 0 Å². The molecule has 0 aliphatic carbocycles. The number of hydrogen-bond acceptors (Lipinski definition) is 0. The van der Waals surface area contributed by atoms with E-state index in [0.29, 0.717) is 8.55 Å². The first-order chi connectivity index (χ1) is 4.58. The quantitative estimate of drug-likeness (QED) is 0.568. The van der Waals surface area contributed by atoms with Gasteiger partial charge in [-0.25, -0.2) is 0 Å². The van der Waals surface area contributed by atoms with Crippen molar-refractivity contribution in [2.45, 2.75) is 39.0 Å². The van der Waals surface area contributed by atoms with Crippen molar-refractivity contribution in [2.75, 3.05) is 0 Å². The van der Waals surface area contributed by atoms with E-state index in [-0.39, 0.29) is 7.83 Å². The molecule has 0 aliphatic heterocycles. The SMILES string of the molecule is CC[SiH]([SiH2][SiH3])[Si](C)(C)CC. The van der Waals surface area contributed by atoms with Crippen LogP contribution in [-0.2, 0) is 0 Å². The van der Waals surface area contributed by atoms with Gasteiger partial charge in [0.05, 0.1) is 0 Å². The minimum Gasteiger partial charge on any atom is -0.0717 e. The highest BCUT2D eigenvalue weighted by Gasteiger charge is 2.27. The van der Waals surface area contributed by atoms with E-state index in [4.69, 9.17) is 0 Å². The molecule has 0 aromatic rings. The van der Waals surface area contributed by atoms with E-state index in [1.54, 1.807) is 21.8 Å². The monoisotopic (exact) mass is 206 g/mol. The molecule has 1 atom stereocenters. The molecule has 0 rings (SSSR count). The van der Waals surface area contributed by atoms with E-state index >= 15 is 0 Å². The molecule has 0 nitrogen and oxygen atoms in total. The van der Waals surface area contributed by atoms with Crippen LogP contribution in [-0.4, -0.2) is 33.7 Å². The van der Waals surface area contributed by atoms with Gasteiger partial charge < -0.3 is 0 Å². The Bertz CT molecular complexity index is 87.7. The van der Waals surface area contributed by atoms with Crippen LogP contribution in [0.5, 0.6) is 0 Å². The Morgan fingerprint density at radius 1 is 1.40 bits per heavy atom. The van der Waals surface area contributed by atoms with E-state index in [9.17, 15) is 0 Å². The fraction of sp³-hybridized carbons (Fsp3) is 1.00. The highest BCUT2D eigenvalue weighted by atomic mass is 29.8. The molecule has 0 radical (unpaired) electrons. The summed E-state index contributed by atoms with van der Waals surface area (Å²) in [4.78, 5) is 0. The molecule has 62 valence electrons. The summed E-state index contributed by atoms with van der Waals surface area (Å²) in [6, 6.07) is 3.19. The summed E-state index contributed by atoms with van der Waals surface area (Å²) >= 11 is 0. The molecule has 0 saturated heterocycles. The van der Waals surface area contributed by atoms with Gasteiger partial charge in [-0.3, -0.25) is 0 Å². The van der Waals surface area contributed by atoms with E-state index in [0.717, 1.165) is 0 Å². The van der Waals surface area contributed by atoms with Crippen LogP contribution in [0.15, 0.2) is 0 Å². The molecule has 0 amide bonds. The van der Waals surface area contributed by atoms with E-state index < -0.39 is 7.59 Å². The van der Waals surface area contributed by atoms with E-state index in [1.807, 2.05) is 0 Å². The smallest absolute Gasteiger partial charge is 0.0342 e. The number of hydrogen-bond donors (Lipinski definition) is 0. The molecule has 0 aromatic heterocycles. The van der Waals surface area contributed by atoms with Crippen LogP contribution in [0.3, 0.4) is 0 Å². The van der Waals surface area contributed by atoms with Crippen molar-refractivity contribution in [1.29, 1.82) is 0 Å². The van der Waals surface area contributed by atoms with Crippen LogP contribution in [0.4, 0.5) is 0 Å². The van der Waals surface area contributed by atoms with Crippen molar-refractivity contribution in [3.63, 3.8) is 0 Å². The predicted octanol–water partition coefficient (Wildman–Crippen LogP) is -0.0140. The normalized spacial score (nSPS) is 16.8. The summed E-state index contributed by atoms with van der Waals surface area (Å²) in [6.07, 6.45) is 0. The first kappa shape index (κ1) is 10.9. The van der Waals surface area contributed by atoms with E-state index in [1.165, 1.54) is 0 Å². The summed E-state index contributed by atoms with van der Waals surface area (Å²) in [7, 11) is 1.52. The lowest BCUT2D eigenvalue weighted by Crippen LogP contribution is -2.49. The Morgan fingerprint density at radius 3 is 2.00 bits per heavy atom. The first-order valence-electron chi connectivity index (χ1n) is 4.58. The second-order valence-electron chi connectivity index (χ2n) is 3.86. The van der Waals surface area contributed by atoms with Crippen LogP contribution in [0.2, 0.25) is 25.2 Å².